The molecule has 7 N–H and O–H groups in total. The lowest BCUT2D eigenvalue weighted by Crippen LogP contribution is -2.34. The van der Waals surface area contributed by atoms with Crippen molar-refractivity contribution in [1.82, 2.24) is 0 Å². The zero-order valence-electron chi connectivity index (χ0n) is 18.3. The van der Waals surface area contributed by atoms with Gasteiger partial charge in [0.15, 0.2) is 34.9 Å². The summed E-state index contributed by atoms with van der Waals surface area (Å²) in [5.74, 6) is -4.72. The van der Waals surface area contributed by atoms with Crippen LogP contribution in [0.25, 0.3) is 0 Å². The maximum absolute atomic E-state index is 12.9. The number of carbonyl (C=O) groups excluding carboxylic acids is 1. The summed E-state index contributed by atoms with van der Waals surface area (Å²) in [5, 5.41) is 69.9. The second-order valence-corrected chi connectivity index (χ2v) is 7.81. The van der Waals surface area contributed by atoms with Crippen LogP contribution in [0.15, 0.2) is 36.4 Å². The Morgan fingerprint density at radius 3 is 2.11 bits per heavy atom. The lowest BCUT2D eigenvalue weighted by atomic mass is 9.93. The van der Waals surface area contributed by atoms with Gasteiger partial charge in [0, 0.05) is 29.7 Å². The van der Waals surface area contributed by atoms with Crippen LogP contribution < -0.4 is 9.47 Å². The Morgan fingerprint density at radius 1 is 0.886 bits per heavy atom. The van der Waals surface area contributed by atoms with E-state index >= 15 is 0 Å². The zero-order chi connectivity index (χ0) is 25.4. The number of esters is 1. The molecule has 11 heteroatoms. The van der Waals surface area contributed by atoms with Gasteiger partial charge in [0.1, 0.15) is 23.4 Å². The van der Waals surface area contributed by atoms with Gasteiger partial charge in [0.2, 0.25) is 5.75 Å². The van der Waals surface area contributed by atoms with Crippen molar-refractivity contribution >= 4 is 5.97 Å². The fraction of sp³-hybridized carbons (Fsp3) is 0.208. The molecule has 0 aliphatic carbocycles. The number of ether oxygens (including phenoxy) is 3. The summed E-state index contributed by atoms with van der Waals surface area (Å²) in [5.41, 5.74) is 0.127. The quantitative estimate of drug-likeness (QED) is 0.208. The summed E-state index contributed by atoms with van der Waals surface area (Å²) in [7, 11) is 0. The van der Waals surface area contributed by atoms with Crippen molar-refractivity contribution < 1.29 is 54.8 Å². The number of fused-ring (bicyclic) bond motifs is 1. The van der Waals surface area contributed by atoms with Gasteiger partial charge >= 0.3 is 5.97 Å². The van der Waals surface area contributed by atoms with Gasteiger partial charge in [-0.1, -0.05) is 0 Å². The molecule has 0 saturated carbocycles. The summed E-state index contributed by atoms with van der Waals surface area (Å²) in [6.07, 6.45) is -2.41. The molecule has 184 valence electrons. The van der Waals surface area contributed by atoms with Crippen LogP contribution in [0, 0.1) is 0 Å². The van der Waals surface area contributed by atoms with Gasteiger partial charge in [-0.3, -0.25) is 0 Å². The average molecular weight is 486 g/mol. The molecule has 0 fully saturated rings. The first-order valence-corrected chi connectivity index (χ1v) is 10.4. The number of phenols is 7. The van der Waals surface area contributed by atoms with Gasteiger partial charge in [-0.15, -0.1) is 0 Å². The van der Waals surface area contributed by atoms with E-state index in [1.807, 2.05) is 0 Å². The van der Waals surface area contributed by atoms with Crippen LogP contribution in [0.1, 0.15) is 34.5 Å². The fourth-order valence-electron chi connectivity index (χ4n) is 3.84. The Hall–Kier alpha value is -4.67. The van der Waals surface area contributed by atoms with E-state index in [9.17, 15) is 40.5 Å². The molecule has 3 aromatic rings. The Labute approximate surface area is 198 Å². The van der Waals surface area contributed by atoms with Crippen LogP contribution in [-0.2, 0) is 11.2 Å². The third-order valence-corrected chi connectivity index (χ3v) is 5.42. The Bertz CT molecular complexity index is 1250. The van der Waals surface area contributed by atoms with Gasteiger partial charge in [-0.05, 0) is 31.2 Å². The normalized spacial score (nSPS) is 16.7. The van der Waals surface area contributed by atoms with E-state index in [1.165, 1.54) is 6.07 Å². The third kappa shape index (κ3) is 4.43. The van der Waals surface area contributed by atoms with Gasteiger partial charge in [0.25, 0.3) is 0 Å². The third-order valence-electron chi connectivity index (χ3n) is 5.42. The van der Waals surface area contributed by atoms with Crippen LogP contribution in [0.3, 0.4) is 0 Å². The van der Waals surface area contributed by atoms with Crippen molar-refractivity contribution in [3.05, 3.63) is 53.1 Å². The first-order chi connectivity index (χ1) is 16.6. The molecule has 0 bridgehead atoms. The molecule has 0 aromatic heterocycles. The van der Waals surface area contributed by atoms with Gasteiger partial charge < -0.3 is 50.0 Å². The topological polar surface area (TPSA) is 186 Å². The first-order valence-electron chi connectivity index (χ1n) is 10.4. The van der Waals surface area contributed by atoms with Crippen LogP contribution in [-0.4, -0.2) is 54.4 Å². The minimum atomic E-state index is -1.16. The van der Waals surface area contributed by atoms with Crippen molar-refractivity contribution in [2.75, 3.05) is 6.61 Å². The van der Waals surface area contributed by atoms with E-state index in [4.69, 9.17) is 14.2 Å². The molecule has 2 atom stereocenters. The highest BCUT2D eigenvalue weighted by Gasteiger charge is 2.37. The molecule has 0 radical (unpaired) electrons. The number of phenolic OH excluding ortho intramolecular Hbond substituents is 7. The van der Waals surface area contributed by atoms with Crippen molar-refractivity contribution in [2.24, 2.45) is 0 Å². The number of hydrogen-bond donors (Lipinski definition) is 7. The van der Waals surface area contributed by atoms with E-state index in [-0.39, 0.29) is 52.7 Å². The minimum absolute atomic E-state index is 0.0724. The molecule has 0 amide bonds. The lowest BCUT2D eigenvalue weighted by molar-refractivity contribution is -0.0189. The second kappa shape index (κ2) is 8.93. The predicted molar refractivity (Wildman–Crippen MR) is 118 cm³/mol. The molecule has 1 heterocycles. The molecule has 0 spiro atoms. The molecule has 11 nitrogen and oxygen atoms in total. The minimum Gasteiger partial charge on any atom is -0.508 e. The molecular weight excluding hydrogens is 464 g/mol. The number of rotatable bonds is 5. The van der Waals surface area contributed by atoms with Crippen LogP contribution in [0.2, 0.25) is 0 Å². The first kappa shape index (κ1) is 23.5. The Morgan fingerprint density at radius 2 is 1.51 bits per heavy atom. The van der Waals surface area contributed by atoms with E-state index in [0.717, 1.165) is 30.3 Å². The number of hydrogen-bond acceptors (Lipinski definition) is 11. The van der Waals surface area contributed by atoms with Gasteiger partial charge in [0.05, 0.1) is 12.2 Å². The lowest BCUT2D eigenvalue weighted by Gasteiger charge is -2.34. The molecule has 0 unspecified atom stereocenters. The summed E-state index contributed by atoms with van der Waals surface area (Å²) < 4.78 is 16.6. The van der Waals surface area contributed by atoms with E-state index in [0.29, 0.717) is 0 Å². The average Bonchev–Trinajstić information content (AvgIpc) is 2.79. The molecule has 1 aliphatic rings. The van der Waals surface area contributed by atoms with Crippen LogP contribution in [0.5, 0.6) is 51.7 Å². The van der Waals surface area contributed by atoms with Crippen molar-refractivity contribution in [3.8, 4) is 51.7 Å². The highest BCUT2D eigenvalue weighted by molar-refractivity contribution is 5.91. The maximum atomic E-state index is 12.9. The monoisotopic (exact) mass is 486 g/mol. The summed E-state index contributed by atoms with van der Waals surface area (Å²) in [6, 6.07) is 6.62. The van der Waals surface area contributed by atoms with E-state index < -0.39 is 46.9 Å². The summed E-state index contributed by atoms with van der Waals surface area (Å²) in [4.78, 5) is 12.9. The smallest absolute Gasteiger partial charge is 0.338 e. The Balaban J connectivity index is 1.72. The van der Waals surface area contributed by atoms with Crippen LogP contribution >= 0.6 is 0 Å². The second-order valence-electron chi connectivity index (χ2n) is 7.81. The fourth-order valence-corrected chi connectivity index (χ4v) is 3.84. The molecule has 1 aliphatic heterocycles. The predicted octanol–water partition coefficient (Wildman–Crippen LogP) is 2.93. The van der Waals surface area contributed by atoms with Crippen molar-refractivity contribution in [2.45, 2.75) is 25.6 Å². The van der Waals surface area contributed by atoms with Gasteiger partial charge in [-0.25, -0.2) is 4.79 Å². The molecule has 0 saturated heterocycles. The van der Waals surface area contributed by atoms with Crippen molar-refractivity contribution in [1.29, 1.82) is 0 Å². The largest absolute Gasteiger partial charge is 0.508 e. The van der Waals surface area contributed by atoms with Gasteiger partial charge in [-0.2, -0.15) is 0 Å². The van der Waals surface area contributed by atoms with Crippen molar-refractivity contribution in [3.63, 3.8) is 0 Å². The molecule has 4 rings (SSSR count). The molecule has 3 aromatic carbocycles. The molecule has 35 heavy (non-hydrogen) atoms. The summed E-state index contributed by atoms with van der Waals surface area (Å²) >= 11 is 0. The summed E-state index contributed by atoms with van der Waals surface area (Å²) in [6.45, 7) is 1.81. The van der Waals surface area contributed by atoms with Crippen LogP contribution in [0.4, 0.5) is 0 Å². The number of benzene rings is 3. The highest BCUT2D eigenvalue weighted by Crippen LogP contribution is 2.46. The number of carbonyl (C=O) groups is 1. The molecular formula is C24H22O11. The van der Waals surface area contributed by atoms with E-state index in [2.05, 4.69) is 0 Å². The van der Waals surface area contributed by atoms with E-state index in [1.54, 1.807) is 6.92 Å². The SMILES string of the molecule is CCOc1c(O)cc(C(=O)O[C@@H]2Cc3c(O)cc(O)cc3O[C@H]2c2cc(O)c(O)c(O)c2)cc1O. The Kier molecular flexibility index (Phi) is 6.00. The number of aromatic hydroxyl groups is 7. The standard InChI is InChI=1S/C24H22O11/c1-2-33-23-17(29)5-11(6-18(23)30)24(32)35-20-9-13-14(26)7-12(25)8-19(13)34-22(20)10-3-15(27)21(31)16(28)4-10/h3-8,20,22,25-31H,2,9H2,1H3/t20-,22+/m1/s1. The zero-order valence-corrected chi connectivity index (χ0v) is 18.3. The maximum Gasteiger partial charge on any atom is 0.338 e. The highest BCUT2D eigenvalue weighted by atomic mass is 16.6.